The van der Waals surface area contributed by atoms with E-state index < -0.39 is 0 Å². The second kappa shape index (κ2) is 10.0. The first-order valence-electron chi connectivity index (χ1n) is 11.0. The summed E-state index contributed by atoms with van der Waals surface area (Å²) in [4.78, 5) is 39.5. The quantitative estimate of drug-likeness (QED) is 0.327. The Morgan fingerprint density at radius 1 is 0.824 bits per heavy atom. The first-order valence-corrected chi connectivity index (χ1v) is 11.0. The summed E-state index contributed by atoms with van der Waals surface area (Å²) in [6.07, 6.45) is 1.99. The number of rotatable bonds is 7. The molecule has 0 saturated carbocycles. The van der Waals surface area contributed by atoms with Crippen molar-refractivity contribution in [3.63, 3.8) is 0 Å². The molecule has 1 aromatic heterocycles. The fourth-order valence-corrected chi connectivity index (χ4v) is 4.08. The number of para-hydroxylation sites is 1. The number of aromatic nitrogens is 1. The molecule has 1 heterocycles. The van der Waals surface area contributed by atoms with E-state index in [0.29, 0.717) is 23.5 Å². The van der Waals surface area contributed by atoms with Crippen molar-refractivity contribution in [3.8, 4) is 0 Å². The zero-order chi connectivity index (χ0) is 24.1. The third-order valence-corrected chi connectivity index (χ3v) is 5.50. The molecule has 1 atom stereocenters. The van der Waals surface area contributed by atoms with E-state index in [4.69, 9.17) is 0 Å². The summed E-state index contributed by atoms with van der Waals surface area (Å²) >= 11 is 0. The van der Waals surface area contributed by atoms with Crippen LogP contribution in [0.4, 0.5) is 11.4 Å². The number of H-pyrrole nitrogens is 1. The molecule has 0 fully saturated rings. The number of aromatic amines is 1. The molecular weight excluding hydrogens is 428 g/mol. The van der Waals surface area contributed by atoms with Crippen molar-refractivity contribution in [2.24, 2.45) is 0 Å². The molecule has 4 N–H and O–H groups in total. The summed E-state index contributed by atoms with van der Waals surface area (Å²) in [5.74, 6) is -0.918. The first kappa shape index (κ1) is 22.8. The van der Waals surface area contributed by atoms with Gasteiger partial charge in [0.2, 0.25) is 11.8 Å². The van der Waals surface area contributed by atoms with Crippen LogP contribution in [0.1, 0.15) is 41.3 Å². The maximum absolute atomic E-state index is 13.1. The molecule has 0 aliphatic heterocycles. The molecule has 0 saturated heterocycles. The lowest BCUT2D eigenvalue weighted by Gasteiger charge is -2.19. The molecule has 1 unspecified atom stereocenters. The molecule has 0 aliphatic carbocycles. The minimum atomic E-state index is -0.306. The van der Waals surface area contributed by atoms with Crippen molar-refractivity contribution >= 4 is 40.0 Å². The van der Waals surface area contributed by atoms with Gasteiger partial charge in [-0.1, -0.05) is 48.5 Å². The maximum Gasteiger partial charge on any atom is 0.251 e. The molecule has 0 radical (unpaired) electrons. The summed E-state index contributed by atoms with van der Waals surface area (Å²) < 4.78 is 0. The van der Waals surface area contributed by atoms with Crippen molar-refractivity contribution in [2.75, 3.05) is 17.2 Å². The van der Waals surface area contributed by atoms with E-state index in [1.165, 1.54) is 13.8 Å². The van der Waals surface area contributed by atoms with Crippen LogP contribution in [-0.4, -0.2) is 29.3 Å². The highest BCUT2D eigenvalue weighted by Crippen LogP contribution is 2.30. The van der Waals surface area contributed by atoms with E-state index >= 15 is 0 Å². The second-order valence-corrected chi connectivity index (χ2v) is 8.12. The lowest BCUT2D eigenvalue weighted by atomic mass is 9.91. The van der Waals surface area contributed by atoms with Gasteiger partial charge in [-0.15, -0.1) is 0 Å². The Labute approximate surface area is 197 Å². The molecule has 7 nitrogen and oxygen atoms in total. The van der Waals surface area contributed by atoms with Crippen LogP contribution in [0.25, 0.3) is 10.9 Å². The van der Waals surface area contributed by atoms with E-state index in [0.717, 1.165) is 22.0 Å². The standard InChI is InChI=1S/C27H26N4O3/c1-17(32)30-21-12-20(13-22(14-21)31-18(2)33)27(34)29-15-24(19-8-4-3-5-9-19)25-16-28-26-11-7-6-10-23(25)26/h3-14,16,24,28H,15H2,1-2H3,(H,29,34)(H,30,32)(H,31,33). The van der Waals surface area contributed by atoms with Gasteiger partial charge in [-0.2, -0.15) is 0 Å². The summed E-state index contributed by atoms with van der Waals surface area (Å²) in [7, 11) is 0. The largest absolute Gasteiger partial charge is 0.361 e. The van der Waals surface area contributed by atoms with Gasteiger partial charge in [-0.05, 0) is 35.4 Å². The van der Waals surface area contributed by atoms with Gasteiger partial charge in [-0.3, -0.25) is 14.4 Å². The SMILES string of the molecule is CC(=O)Nc1cc(NC(C)=O)cc(C(=O)NCC(c2ccccc2)c2c[nH]c3ccccc23)c1. The molecule has 0 bridgehead atoms. The highest BCUT2D eigenvalue weighted by molar-refractivity contribution is 6.00. The predicted octanol–water partition coefficient (Wildman–Crippen LogP) is 4.65. The van der Waals surface area contributed by atoms with Gasteiger partial charge in [0.05, 0.1) is 0 Å². The topological polar surface area (TPSA) is 103 Å². The second-order valence-electron chi connectivity index (χ2n) is 8.12. The highest BCUT2D eigenvalue weighted by atomic mass is 16.2. The predicted molar refractivity (Wildman–Crippen MR) is 134 cm³/mol. The lowest BCUT2D eigenvalue weighted by molar-refractivity contribution is -0.115. The third-order valence-electron chi connectivity index (χ3n) is 5.50. The van der Waals surface area contributed by atoms with E-state index in [-0.39, 0.29) is 23.6 Å². The van der Waals surface area contributed by atoms with Crippen molar-refractivity contribution in [1.29, 1.82) is 0 Å². The molecule has 0 aliphatic rings. The highest BCUT2D eigenvalue weighted by Gasteiger charge is 2.20. The maximum atomic E-state index is 13.1. The monoisotopic (exact) mass is 454 g/mol. The van der Waals surface area contributed by atoms with Crippen LogP contribution < -0.4 is 16.0 Å². The molecule has 0 spiro atoms. The average Bonchev–Trinajstić information content (AvgIpc) is 3.23. The van der Waals surface area contributed by atoms with Gasteiger partial charge in [0, 0.05) is 60.3 Å². The van der Waals surface area contributed by atoms with Crippen LogP contribution in [0.5, 0.6) is 0 Å². The number of carbonyl (C=O) groups is 3. The zero-order valence-electron chi connectivity index (χ0n) is 19.0. The minimum Gasteiger partial charge on any atom is -0.361 e. The normalized spacial score (nSPS) is 11.6. The summed E-state index contributed by atoms with van der Waals surface area (Å²) in [5.41, 5.74) is 4.40. The number of anilines is 2. The van der Waals surface area contributed by atoms with Crippen LogP contribution in [0.2, 0.25) is 0 Å². The fraction of sp³-hybridized carbons (Fsp3) is 0.148. The Morgan fingerprint density at radius 3 is 2.09 bits per heavy atom. The number of amides is 3. The van der Waals surface area contributed by atoms with Gasteiger partial charge >= 0.3 is 0 Å². The molecule has 34 heavy (non-hydrogen) atoms. The minimum absolute atomic E-state index is 0.0744. The smallest absolute Gasteiger partial charge is 0.251 e. The number of carbonyl (C=O) groups excluding carboxylic acids is 3. The molecular formula is C27H26N4O3. The molecule has 4 aromatic rings. The number of nitrogens with one attached hydrogen (secondary N) is 4. The van der Waals surface area contributed by atoms with Crippen molar-refractivity contribution in [3.05, 3.63) is 95.7 Å². The van der Waals surface area contributed by atoms with Crippen molar-refractivity contribution in [2.45, 2.75) is 19.8 Å². The first-order chi connectivity index (χ1) is 16.4. The van der Waals surface area contributed by atoms with Crippen LogP contribution in [0, 0.1) is 0 Å². The Balaban J connectivity index is 1.62. The zero-order valence-corrected chi connectivity index (χ0v) is 19.0. The number of fused-ring (bicyclic) bond motifs is 1. The summed E-state index contributed by atoms with van der Waals surface area (Å²) in [5, 5.41) is 9.48. The molecule has 3 aromatic carbocycles. The molecule has 3 amide bonds. The fourth-order valence-electron chi connectivity index (χ4n) is 4.08. The van der Waals surface area contributed by atoms with Crippen LogP contribution in [-0.2, 0) is 9.59 Å². The lowest BCUT2D eigenvalue weighted by Crippen LogP contribution is -2.29. The van der Waals surface area contributed by atoms with Crippen LogP contribution >= 0.6 is 0 Å². The Kier molecular flexibility index (Phi) is 6.73. The van der Waals surface area contributed by atoms with Gasteiger partial charge in [-0.25, -0.2) is 0 Å². The van der Waals surface area contributed by atoms with E-state index in [1.54, 1.807) is 18.2 Å². The van der Waals surface area contributed by atoms with Gasteiger partial charge in [0.25, 0.3) is 5.91 Å². The summed E-state index contributed by atoms with van der Waals surface area (Å²) in [6.45, 7) is 3.14. The molecule has 7 heteroatoms. The van der Waals surface area contributed by atoms with E-state index in [9.17, 15) is 14.4 Å². The summed E-state index contributed by atoms with van der Waals surface area (Å²) in [6, 6.07) is 22.9. The van der Waals surface area contributed by atoms with Crippen molar-refractivity contribution < 1.29 is 14.4 Å². The van der Waals surface area contributed by atoms with E-state index in [2.05, 4.69) is 27.0 Å². The molecule has 4 rings (SSSR count). The Bertz CT molecular complexity index is 1310. The molecule has 172 valence electrons. The van der Waals surface area contributed by atoms with E-state index in [1.807, 2.05) is 54.7 Å². The van der Waals surface area contributed by atoms with Crippen molar-refractivity contribution in [1.82, 2.24) is 10.3 Å². The van der Waals surface area contributed by atoms with Gasteiger partial charge < -0.3 is 20.9 Å². The van der Waals surface area contributed by atoms with Gasteiger partial charge in [0.15, 0.2) is 0 Å². The Morgan fingerprint density at radius 2 is 1.44 bits per heavy atom. The van der Waals surface area contributed by atoms with Crippen LogP contribution in [0.3, 0.4) is 0 Å². The van der Waals surface area contributed by atoms with Crippen LogP contribution in [0.15, 0.2) is 79.0 Å². The Hall–Kier alpha value is -4.39. The third kappa shape index (κ3) is 5.32. The number of hydrogen-bond acceptors (Lipinski definition) is 3. The number of benzene rings is 3. The van der Waals surface area contributed by atoms with Gasteiger partial charge in [0.1, 0.15) is 0 Å². The number of hydrogen-bond donors (Lipinski definition) is 4. The average molecular weight is 455 g/mol.